The molecule has 0 saturated carbocycles. The van der Waals surface area contributed by atoms with Crippen LogP contribution in [0, 0.1) is 0 Å². The largest absolute Gasteiger partial charge is 0.496 e. The minimum Gasteiger partial charge on any atom is -0.496 e. The Bertz CT molecular complexity index is 1160. The van der Waals surface area contributed by atoms with Crippen molar-refractivity contribution in [2.24, 2.45) is 0 Å². The number of benzene rings is 2. The number of carbonyl (C=O) groups is 2. The van der Waals surface area contributed by atoms with Gasteiger partial charge in [-0.1, -0.05) is 36.4 Å². The number of rotatable bonds is 9. The molecule has 4 rings (SSSR count). The Morgan fingerprint density at radius 1 is 1.06 bits per heavy atom. The van der Waals surface area contributed by atoms with Gasteiger partial charge in [0, 0.05) is 44.3 Å². The van der Waals surface area contributed by atoms with E-state index in [2.05, 4.69) is 39.5 Å². The number of thioether (sulfide) groups is 1. The molecule has 0 bridgehead atoms. The molecule has 0 radical (unpaired) electrons. The summed E-state index contributed by atoms with van der Waals surface area (Å²) in [5.41, 5.74) is 2.67. The Labute approximate surface area is 210 Å². The van der Waals surface area contributed by atoms with Crippen molar-refractivity contribution in [1.82, 2.24) is 20.1 Å². The number of piperazine rings is 1. The third-order valence-corrected chi connectivity index (χ3v) is 7.00. The zero-order valence-electron chi connectivity index (χ0n) is 20.3. The van der Waals surface area contributed by atoms with Gasteiger partial charge >= 0.3 is 0 Å². The third kappa shape index (κ3) is 6.13. The normalized spacial score (nSPS) is 15.1. The molecule has 1 aliphatic rings. The lowest BCUT2D eigenvalue weighted by Gasteiger charge is -2.36. The molecule has 7 nitrogen and oxygen atoms in total. The molecule has 1 saturated heterocycles. The van der Waals surface area contributed by atoms with Crippen molar-refractivity contribution in [1.29, 1.82) is 0 Å². The second-order valence-corrected chi connectivity index (χ2v) is 9.59. The number of aromatic nitrogens is 1. The van der Waals surface area contributed by atoms with Crippen LogP contribution in [0.25, 0.3) is 10.9 Å². The third-order valence-electron chi connectivity index (χ3n) is 6.36. The summed E-state index contributed by atoms with van der Waals surface area (Å²) in [6.45, 7) is 3.64. The van der Waals surface area contributed by atoms with Crippen molar-refractivity contribution in [3.05, 3.63) is 71.9 Å². The molecule has 0 aliphatic carbocycles. The number of pyridine rings is 1. The van der Waals surface area contributed by atoms with Crippen molar-refractivity contribution >= 4 is 34.5 Å². The number of fused-ring (bicyclic) bond motifs is 1. The Morgan fingerprint density at radius 2 is 1.83 bits per heavy atom. The van der Waals surface area contributed by atoms with Gasteiger partial charge in [0.1, 0.15) is 11.8 Å². The zero-order valence-corrected chi connectivity index (χ0v) is 21.1. The maximum Gasteiger partial charge on any atom is 0.255 e. The zero-order chi connectivity index (χ0) is 24.6. The molecule has 35 heavy (non-hydrogen) atoms. The van der Waals surface area contributed by atoms with Gasteiger partial charge in [-0.05, 0) is 42.2 Å². The summed E-state index contributed by atoms with van der Waals surface area (Å²) >= 11 is 1.67. The van der Waals surface area contributed by atoms with E-state index in [4.69, 9.17) is 4.74 Å². The highest BCUT2D eigenvalue weighted by Crippen LogP contribution is 2.20. The SMILES string of the molecule is COc1ccccc1C(=O)NC(CCSC)C(=O)N1CCN(Cc2cccc3cccnc23)CC1. The highest BCUT2D eigenvalue weighted by Gasteiger charge is 2.29. The van der Waals surface area contributed by atoms with Gasteiger partial charge in [0.2, 0.25) is 5.91 Å². The second-order valence-electron chi connectivity index (χ2n) is 8.60. The lowest BCUT2D eigenvalue weighted by atomic mass is 10.1. The monoisotopic (exact) mass is 492 g/mol. The van der Waals surface area contributed by atoms with E-state index in [0.29, 0.717) is 30.8 Å². The standard InChI is InChI=1S/C27H32N4O3S/c1-34-24-11-4-3-10-22(24)26(32)29-23(12-18-35-2)27(33)31-16-14-30(15-17-31)19-21-8-5-7-20-9-6-13-28-25(20)21/h3-11,13,23H,12,14-19H2,1-2H3,(H,29,32). The van der Waals surface area contributed by atoms with Crippen LogP contribution < -0.4 is 10.1 Å². The molecule has 1 unspecified atom stereocenters. The van der Waals surface area contributed by atoms with Crippen molar-refractivity contribution < 1.29 is 14.3 Å². The summed E-state index contributed by atoms with van der Waals surface area (Å²) in [5, 5.41) is 4.11. The van der Waals surface area contributed by atoms with Crippen LogP contribution in [0.4, 0.5) is 0 Å². The van der Waals surface area contributed by atoms with E-state index < -0.39 is 6.04 Å². The minimum absolute atomic E-state index is 0.0197. The molecule has 2 amide bonds. The summed E-state index contributed by atoms with van der Waals surface area (Å²) in [5.74, 6) is 0.979. The number of para-hydroxylation sites is 2. The average molecular weight is 493 g/mol. The highest BCUT2D eigenvalue weighted by molar-refractivity contribution is 7.98. The quantitative estimate of drug-likeness (QED) is 0.493. The summed E-state index contributed by atoms with van der Waals surface area (Å²) < 4.78 is 5.32. The van der Waals surface area contributed by atoms with Crippen LogP contribution in [-0.2, 0) is 11.3 Å². The molecular formula is C27H32N4O3S. The second kappa shape index (κ2) is 12.0. The van der Waals surface area contributed by atoms with Gasteiger partial charge in [-0.3, -0.25) is 19.5 Å². The van der Waals surface area contributed by atoms with Crippen LogP contribution in [0.2, 0.25) is 0 Å². The number of amides is 2. The number of methoxy groups -OCH3 is 1. The molecule has 1 atom stereocenters. The molecule has 2 aromatic carbocycles. The van der Waals surface area contributed by atoms with Gasteiger partial charge in [0.25, 0.3) is 5.91 Å². The van der Waals surface area contributed by atoms with E-state index >= 15 is 0 Å². The van der Waals surface area contributed by atoms with E-state index in [0.717, 1.165) is 36.3 Å². The van der Waals surface area contributed by atoms with E-state index in [1.54, 1.807) is 30.0 Å². The van der Waals surface area contributed by atoms with Gasteiger partial charge in [-0.15, -0.1) is 0 Å². The molecule has 0 spiro atoms. The maximum atomic E-state index is 13.4. The first kappa shape index (κ1) is 25.0. The number of nitrogens with zero attached hydrogens (tertiary/aromatic N) is 3. The summed E-state index contributed by atoms with van der Waals surface area (Å²) in [6.07, 6.45) is 4.42. The first-order valence-corrected chi connectivity index (χ1v) is 13.3. The van der Waals surface area contributed by atoms with Crippen LogP contribution in [-0.4, -0.2) is 77.9 Å². The van der Waals surface area contributed by atoms with E-state index in [1.165, 1.54) is 12.7 Å². The van der Waals surface area contributed by atoms with Crippen molar-refractivity contribution in [2.45, 2.75) is 19.0 Å². The Balaban J connectivity index is 1.38. The highest BCUT2D eigenvalue weighted by atomic mass is 32.2. The maximum absolute atomic E-state index is 13.4. The Kier molecular flexibility index (Phi) is 8.60. The molecular weight excluding hydrogens is 460 g/mol. The van der Waals surface area contributed by atoms with Gasteiger partial charge in [-0.2, -0.15) is 11.8 Å². The molecule has 8 heteroatoms. The molecule has 2 heterocycles. The number of ether oxygens (including phenoxy) is 1. The number of carbonyl (C=O) groups excluding carboxylic acids is 2. The predicted molar refractivity (Wildman–Crippen MR) is 141 cm³/mol. The first-order valence-electron chi connectivity index (χ1n) is 11.9. The van der Waals surface area contributed by atoms with Crippen LogP contribution in [0.5, 0.6) is 5.75 Å². The number of nitrogens with one attached hydrogen (secondary N) is 1. The van der Waals surface area contributed by atoms with Crippen LogP contribution >= 0.6 is 11.8 Å². The Hall–Kier alpha value is -3.10. The minimum atomic E-state index is -0.561. The molecule has 1 fully saturated rings. The molecule has 3 aromatic rings. The topological polar surface area (TPSA) is 74.8 Å². The average Bonchev–Trinajstić information content (AvgIpc) is 2.91. The van der Waals surface area contributed by atoms with Crippen LogP contribution in [0.15, 0.2) is 60.8 Å². The van der Waals surface area contributed by atoms with E-state index in [1.807, 2.05) is 29.5 Å². The first-order chi connectivity index (χ1) is 17.1. The smallest absolute Gasteiger partial charge is 0.255 e. The number of hydrogen-bond acceptors (Lipinski definition) is 6. The lowest BCUT2D eigenvalue weighted by Crippen LogP contribution is -2.55. The fourth-order valence-electron chi connectivity index (χ4n) is 4.44. The van der Waals surface area contributed by atoms with Crippen molar-refractivity contribution in [3.8, 4) is 5.75 Å². The van der Waals surface area contributed by atoms with Gasteiger partial charge < -0.3 is 15.0 Å². The van der Waals surface area contributed by atoms with Gasteiger partial charge in [0.05, 0.1) is 18.2 Å². The fraction of sp³-hybridized carbons (Fsp3) is 0.370. The van der Waals surface area contributed by atoms with Crippen LogP contribution in [0.1, 0.15) is 22.3 Å². The summed E-state index contributed by atoms with van der Waals surface area (Å²) in [6, 6.07) is 16.8. The fourth-order valence-corrected chi connectivity index (χ4v) is 4.92. The van der Waals surface area contributed by atoms with Crippen molar-refractivity contribution in [2.75, 3.05) is 45.3 Å². The van der Waals surface area contributed by atoms with Crippen molar-refractivity contribution in [3.63, 3.8) is 0 Å². The molecule has 1 aromatic heterocycles. The van der Waals surface area contributed by atoms with Crippen LogP contribution in [0.3, 0.4) is 0 Å². The molecule has 184 valence electrons. The molecule has 1 N–H and O–H groups in total. The van der Waals surface area contributed by atoms with Gasteiger partial charge in [-0.25, -0.2) is 0 Å². The van der Waals surface area contributed by atoms with E-state index in [-0.39, 0.29) is 11.8 Å². The number of hydrogen-bond donors (Lipinski definition) is 1. The van der Waals surface area contributed by atoms with E-state index in [9.17, 15) is 9.59 Å². The summed E-state index contributed by atoms with van der Waals surface area (Å²) in [7, 11) is 1.54. The summed E-state index contributed by atoms with van der Waals surface area (Å²) in [4.78, 5) is 35.2. The Morgan fingerprint density at radius 3 is 2.60 bits per heavy atom. The lowest BCUT2D eigenvalue weighted by molar-refractivity contribution is -0.135. The van der Waals surface area contributed by atoms with Gasteiger partial charge in [0.15, 0.2) is 0 Å². The predicted octanol–water partition coefficient (Wildman–Crippen LogP) is 3.44. The molecule has 1 aliphatic heterocycles.